The first kappa shape index (κ1) is 17.3. The Morgan fingerprint density at radius 3 is 2.26 bits per heavy atom. The summed E-state index contributed by atoms with van der Waals surface area (Å²) in [5.41, 5.74) is 0.524. The van der Waals surface area contributed by atoms with Gasteiger partial charge in [-0.25, -0.2) is 14.8 Å². The Balaban J connectivity index is 1.81. The zero-order valence-electron chi connectivity index (χ0n) is 13.8. The number of para-hydroxylation sites is 2. The van der Waals surface area contributed by atoms with Crippen LogP contribution < -0.4 is 10.7 Å². The number of aliphatic carboxylic acids is 1. The molecule has 1 aromatic heterocycles. The third kappa shape index (κ3) is 3.20. The number of fused-ring (bicyclic) bond motifs is 1. The molecule has 134 valence electrons. The summed E-state index contributed by atoms with van der Waals surface area (Å²) in [7, 11) is 0. The molecule has 2 aromatic carbocycles. The molecule has 0 aliphatic carbocycles. The van der Waals surface area contributed by atoms with E-state index in [1.165, 1.54) is 4.57 Å². The highest BCUT2D eigenvalue weighted by atomic mass is 32.1. The molecule has 0 bridgehead atoms. The van der Waals surface area contributed by atoms with E-state index in [0.29, 0.717) is 16.3 Å². The van der Waals surface area contributed by atoms with E-state index in [-0.39, 0.29) is 9.83 Å². The number of benzene rings is 2. The van der Waals surface area contributed by atoms with E-state index in [9.17, 15) is 15.0 Å². The Hall–Kier alpha value is -3.10. The van der Waals surface area contributed by atoms with Gasteiger partial charge in [-0.2, -0.15) is 0 Å². The number of aromatic nitrogens is 1. The SMILES string of the molecule is O=C(O)C(c1ccccc1)n1c(O)c(C=C2N=c3ccccc3=N2)sc1=S. The first-order chi connectivity index (χ1) is 13.0. The Morgan fingerprint density at radius 1 is 1.07 bits per heavy atom. The Morgan fingerprint density at radius 2 is 1.67 bits per heavy atom. The molecule has 1 unspecified atom stereocenters. The maximum atomic E-state index is 11.9. The lowest BCUT2D eigenvalue weighted by atomic mass is 10.1. The number of carboxylic acids is 1. The van der Waals surface area contributed by atoms with Crippen LogP contribution in [0.1, 0.15) is 16.5 Å². The number of carbonyl (C=O) groups is 1. The van der Waals surface area contributed by atoms with Gasteiger partial charge in [-0.15, -0.1) is 11.3 Å². The number of nitrogens with zero attached hydrogens (tertiary/aromatic N) is 3. The maximum Gasteiger partial charge on any atom is 0.331 e. The second kappa shape index (κ2) is 6.90. The number of thiazole rings is 1. The van der Waals surface area contributed by atoms with E-state index in [2.05, 4.69) is 9.98 Å². The van der Waals surface area contributed by atoms with Crippen molar-refractivity contribution < 1.29 is 15.0 Å². The van der Waals surface area contributed by atoms with Gasteiger partial charge < -0.3 is 10.2 Å². The standard InChI is InChI=1S/C19H13N3O3S2/c23-17-14(10-15-20-12-8-4-5-9-13(12)21-15)27-19(26)22(17)16(18(24)25)11-6-2-1-3-7-11/h1-10,16,23H,(H,24,25). The van der Waals surface area contributed by atoms with E-state index in [4.69, 9.17) is 12.2 Å². The molecule has 27 heavy (non-hydrogen) atoms. The molecule has 0 spiro atoms. The minimum absolute atomic E-state index is 0.213. The largest absolute Gasteiger partial charge is 0.493 e. The molecule has 0 amide bonds. The van der Waals surface area contributed by atoms with Crippen LogP contribution in [0.2, 0.25) is 0 Å². The number of hydrogen-bond acceptors (Lipinski definition) is 6. The number of aromatic hydroxyl groups is 1. The highest BCUT2D eigenvalue weighted by Crippen LogP contribution is 2.34. The van der Waals surface area contributed by atoms with Gasteiger partial charge in [0.25, 0.3) is 0 Å². The van der Waals surface area contributed by atoms with Crippen molar-refractivity contribution in [3.8, 4) is 5.88 Å². The zero-order chi connectivity index (χ0) is 19.0. The van der Waals surface area contributed by atoms with Crippen molar-refractivity contribution in [1.82, 2.24) is 4.57 Å². The lowest BCUT2D eigenvalue weighted by molar-refractivity contribution is -0.139. The summed E-state index contributed by atoms with van der Waals surface area (Å²) in [6.45, 7) is 0. The quantitative estimate of drug-likeness (QED) is 0.665. The van der Waals surface area contributed by atoms with Crippen molar-refractivity contribution in [3.63, 3.8) is 0 Å². The first-order valence-electron chi connectivity index (χ1n) is 8.01. The van der Waals surface area contributed by atoms with Gasteiger partial charge in [0.15, 0.2) is 15.8 Å². The van der Waals surface area contributed by atoms with Crippen LogP contribution in [0.5, 0.6) is 5.88 Å². The van der Waals surface area contributed by atoms with E-state index in [0.717, 1.165) is 22.1 Å². The van der Waals surface area contributed by atoms with E-state index >= 15 is 0 Å². The van der Waals surface area contributed by atoms with E-state index in [1.54, 1.807) is 36.4 Å². The lowest BCUT2D eigenvalue weighted by Crippen LogP contribution is -2.20. The van der Waals surface area contributed by atoms with Gasteiger partial charge in [0, 0.05) is 6.08 Å². The Bertz CT molecular complexity index is 1210. The van der Waals surface area contributed by atoms with Crippen LogP contribution in [-0.4, -0.2) is 20.7 Å². The van der Waals surface area contributed by atoms with Gasteiger partial charge in [-0.05, 0) is 29.9 Å². The number of hydrogen-bond donors (Lipinski definition) is 2. The van der Waals surface area contributed by atoms with Gasteiger partial charge in [0.05, 0.1) is 15.6 Å². The van der Waals surface area contributed by atoms with Crippen molar-refractivity contribution in [1.29, 1.82) is 0 Å². The fraction of sp³-hybridized carbons (Fsp3) is 0.0526. The topological polar surface area (TPSA) is 87.2 Å². The molecular formula is C19H13N3O3S2. The van der Waals surface area contributed by atoms with Crippen molar-refractivity contribution in [3.05, 3.63) is 85.5 Å². The molecule has 4 rings (SSSR count). The highest BCUT2D eigenvalue weighted by molar-refractivity contribution is 7.73. The van der Waals surface area contributed by atoms with Crippen LogP contribution in [0.4, 0.5) is 0 Å². The highest BCUT2D eigenvalue weighted by Gasteiger charge is 2.27. The summed E-state index contributed by atoms with van der Waals surface area (Å²) in [6.07, 6.45) is 1.61. The minimum atomic E-state index is -1.11. The normalized spacial score (nSPS) is 13.4. The number of rotatable bonds is 4. The molecule has 0 fully saturated rings. The van der Waals surface area contributed by atoms with Gasteiger partial charge in [0.2, 0.25) is 5.88 Å². The summed E-state index contributed by atoms with van der Waals surface area (Å²) in [4.78, 5) is 21.1. The smallest absolute Gasteiger partial charge is 0.331 e. The molecule has 8 heteroatoms. The summed E-state index contributed by atoms with van der Waals surface area (Å²) in [6, 6.07) is 15.0. The molecular weight excluding hydrogens is 382 g/mol. The van der Waals surface area contributed by atoms with E-state index < -0.39 is 12.0 Å². The predicted molar refractivity (Wildman–Crippen MR) is 104 cm³/mol. The molecule has 2 N–H and O–H groups in total. The average Bonchev–Trinajstić information content (AvgIpc) is 3.18. The minimum Gasteiger partial charge on any atom is -0.493 e. The Kier molecular flexibility index (Phi) is 4.43. The second-order valence-electron chi connectivity index (χ2n) is 5.79. The second-order valence-corrected chi connectivity index (χ2v) is 7.47. The van der Waals surface area contributed by atoms with Gasteiger partial charge >= 0.3 is 5.97 Å². The van der Waals surface area contributed by atoms with Gasteiger partial charge in [0.1, 0.15) is 0 Å². The summed E-state index contributed by atoms with van der Waals surface area (Å²) in [5, 5.41) is 21.9. The predicted octanol–water partition coefficient (Wildman–Crippen LogP) is 2.91. The molecule has 2 heterocycles. The van der Waals surface area contributed by atoms with Gasteiger partial charge in [-0.1, -0.05) is 42.5 Å². The average molecular weight is 395 g/mol. The molecule has 3 aromatic rings. The number of carboxylic acid groups (broad SMARTS) is 1. The van der Waals surface area contributed by atoms with Crippen LogP contribution in [0.15, 0.2) is 70.4 Å². The molecule has 0 saturated carbocycles. The maximum absolute atomic E-state index is 11.9. The summed E-state index contributed by atoms with van der Waals surface area (Å²) in [5.74, 6) is -0.885. The molecule has 0 radical (unpaired) electrons. The first-order valence-corrected chi connectivity index (χ1v) is 9.23. The fourth-order valence-electron chi connectivity index (χ4n) is 2.86. The molecule has 1 aliphatic heterocycles. The van der Waals surface area contributed by atoms with Crippen LogP contribution in [0, 0.1) is 3.95 Å². The summed E-state index contributed by atoms with van der Waals surface area (Å²) < 4.78 is 1.50. The monoisotopic (exact) mass is 395 g/mol. The summed E-state index contributed by atoms with van der Waals surface area (Å²) >= 11 is 6.45. The van der Waals surface area contributed by atoms with Crippen molar-refractivity contribution in [2.45, 2.75) is 6.04 Å². The van der Waals surface area contributed by atoms with E-state index in [1.807, 2.05) is 24.3 Å². The van der Waals surface area contributed by atoms with Crippen molar-refractivity contribution in [2.75, 3.05) is 0 Å². The molecule has 1 atom stereocenters. The van der Waals surface area contributed by atoms with Crippen molar-refractivity contribution >= 4 is 35.6 Å². The third-order valence-electron chi connectivity index (χ3n) is 4.06. The van der Waals surface area contributed by atoms with Crippen LogP contribution in [0.25, 0.3) is 6.08 Å². The zero-order valence-corrected chi connectivity index (χ0v) is 15.4. The van der Waals surface area contributed by atoms with Crippen molar-refractivity contribution in [2.24, 2.45) is 9.98 Å². The lowest BCUT2D eigenvalue weighted by Gasteiger charge is -2.15. The molecule has 1 aliphatic rings. The molecule has 0 saturated heterocycles. The third-order valence-corrected chi connectivity index (χ3v) is 5.40. The Labute approximate surface area is 162 Å². The van der Waals surface area contributed by atoms with Crippen LogP contribution >= 0.6 is 23.6 Å². The van der Waals surface area contributed by atoms with Crippen LogP contribution in [0.3, 0.4) is 0 Å². The fourth-order valence-corrected chi connectivity index (χ4v) is 4.15. The van der Waals surface area contributed by atoms with Crippen LogP contribution in [-0.2, 0) is 4.79 Å². The van der Waals surface area contributed by atoms with Gasteiger partial charge in [-0.3, -0.25) is 4.57 Å². The molecule has 6 nitrogen and oxygen atoms in total.